The van der Waals surface area contributed by atoms with Gasteiger partial charge in [0, 0.05) is 28.5 Å². The summed E-state index contributed by atoms with van der Waals surface area (Å²) >= 11 is 3.35. The summed E-state index contributed by atoms with van der Waals surface area (Å²) in [5.74, 6) is -0.244. The number of carbonyl (C=O) groups is 2. The fraction of sp³-hybridized carbons (Fsp3) is 0.176. The molecule has 0 aliphatic heterocycles. The number of anilines is 3. The van der Waals surface area contributed by atoms with Crippen molar-refractivity contribution in [3.05, 3.63) is 53.0 Å². The molecule has 0 fully saturated rings. The van der Waals surface area contributed by atoms with Crippen LogP contribution in [0.15, 0.2) is 53.0 Å². The molecule has 0 aromatic heterocycles. The molecule has 2 aromatic carbocycles. The smallest absolute Gasteiger partial charge is 0.246 e. The summed E-state index contributed by atoms with van der Waals surface area (Å²) in [6, 6.07) is 14.2. The van der Waals surface area contributed by atoms with E-state index in [1.807, 2.05) is 36.4 Å². The van der Waals surface area contributed by atoms with Crippen LogP contribution >= 0.6 is 15.9 Å². The molecule has 0 saturated heterocycles. The number of carbonyl (C=O) groups excluding carboxylic acids is 2. The van der Waals surface area contributed by atoms with Crippen molar-refractivity contribution < 1.29 is 9.59 Å². The lowest BCUT2D eigenvalue weighted by Crippen LogP contribution is -2.31. The van der Waals surface area contributed by atoms with Crippen LogP contribution in [0.1, 0.15) is 13.8 Å². The van der Waals surface area contributed by atoms with Crippen LogP contribution in [-0.4, -0.2) is 17.9 Å². The second-order valence-corrected chi connectivity index (χ2v) is 6.04. The number of benzene rings is 2. The molecule has 0 heterocycles. The fourth-order valence-electron chi connectivity index (χ4n) is 1.95. The Morgan fingerprint density at radius 2 is 1.35 bits per heavy atom. The minimum atomic E-state index is -0.398. The van der Waals surface area contributed by atoms with Gasteiger partial charge < -0.3 is 16.0 Å². The van der Waals surface area contributed by atoms with E-state index in [9.17, 15) is 9.59 Å². The summed E-state index contributed by atoms with van der Waals surface area (Å²) in [6.07, 6.45) is 0. The topological polar surface area (TPSA) is 70.2 Å². The molecule has 0 aliphatic carbocycles. The fourth-order valence-corrected chi connectivity index (χ4v) is 2.22. The molecule has 0 aliphatic rings. The van der Waals surface area contributed by atoms with E-state index in [1.54, 1.807) is 19.1 Å². The monoisotopic (exact) mass is 375 g/mol. The molecule has 2 aromatic rings. The first-order valence-electron chi connectivity index (χ1n) is 7.14. The number of hydrogen-bond donors (Lipinski definition) is 3. The largest absolute Gasteiger partial charge is 0.374 e. The average Bonchev–Trinajstić information content (AvgIpc) is 2.51. The van der Waals surface area contributed by atoms with Gasteiger partial charge in [-0.3, -0.25) is 9.59 Å². The predicted molar refractivity (Wildman–Crippen MR) is 96.6 cm³/mol. The molecule has 1 atom stereocenters. The summed E-state index contributed by atoms with van der Waals surface area (Å²) in [4.78, 5) is 23.1. The summed E-state index contributed by atoms with van der Waals surface area (Å²) in [6.45, 7) is 3.25. The van der Waals surface area contributed by atoms with Gasteiger partial charge in [0.25, 0.3) is 0 Å². The second kappa shape index (κ2) is 7.78. The third-order valence-electron chi connectivity index (χ3n) is 3.09. The van der Waals surface area contributed by atoms with E-state index in [-0.39, 0.29) is 11.8 Å². The third-order valence-corrected chi connectivity index (χ3v) is 3.62. The Bertz CT molecular complexity index is 684. The van der Waals surface area contributed by atoms with Crippen molar-refractivity contribution in [2.45, 2.75) is 19.9 Å². The molecule has 120 valence electrons. The zero-order valence-electron chi connectivity index (χ0n) is 12.9. The Kier molecular flexibility index (Phi) is 5.76. The SMILES string of the molecule is CC(=O)Nc1ccc(N[C@H](C)C(=O)Nc2ccc(Br)cc2)cc1. The normalized spacial score (nSPS) is 11.4. The molecule has 23 heavy (non-hydrogen) atoms. The molecule has 6 heteroatoms. The number of nitrogens with one attached hydrogen (secondary N) is 3. The van der Waals surface area contributed by atoms with Crippen LogP contribution in [0.5, 0.6) is 0 Å². The van der Waals surface area contributed by atoms with E-state index >= 15 is 0 Å². The van der Waals surface area contributed by atoms with Gasteiger partial charge in [0.05, 0.1) is 0 Å². The summed E-state index contributed by atoms with van der Waals surface area (Å²) in [7, 11) is 0. The van der Waals surface area contributed by atoms with Gasteiger partial charge in [0.2, 0.25) is 11.8 Å². The van der Waals surface area contributed by atoms with Crippen LogP contribution in [-0.2, 0) is 9.59 Å². The zero-order chi connectivity index (χ0) is 16.8. The first-order chi connectivity index (χ1) is 10.9. The lowest BCUT2D eigenvalue weighted by Gasteiger charge is -2.15. The molecule has 0 spiro atoms. The van der Waals surface area contributed by atoms with Crippen LogP contribution in [0.2, 0.25) is 0 Å². The maximum absolute atomic E-state index is 12.2. The van der Waals surface area contributed by atoms with E-state index in [0.717, 1.165) is 21.5 Å². The maximum Gasteiger partial charge on any atom is 0.246 e. The minimum absolute atomic E-state index is 0.118. The number of amides is 2. The predicted octanol–water partition coefficient (Wildman–Crippen LogP) is 3.85. The zero-order valence-corrected chi connectivity index (χ0v) is 14.5. The van der Waals surface area contributed by atoms with E-state index < -0.39 is 6.04 Å². The van der Waals surface area contributed by atoms with Crippen LogP contribution in [0.3, 0.4) is 0 Å². The standard InChI is InChI=1S/C17H18BrN3O2/c1-11(17(23)21-16-5-3-13(18)4-6-16)19-14-7-9-15(10-8-14)20-12(2)22/h3-11,19H,1-2H3,(H,20,22)(H,21,23)/t11-/m1/s1. The Morgan fingerprint density at radius 1 is 0.870 bits per heavy atom. The Morgan fingerprint density at radius 3 is 1.91 bits per heavy atom. The molecule has 0 unspecified atom stereocenters. The number of rotatable bonds is 5. The van der Waals surface area contributed by atoms with Gasteiger partial charge in [0.1, 0.15) is 6.04 Å². The van der Waals surface area contributed by atoms with E-state index in [2.05, 4.69) is 31.9 Å². The highest BCUT2D eigenvalue weighted by molar-refractivity contribution is 9.10. The van der Waals surface area contributed by atoms with Crippen LogP contribution in [0.25, 0.3) is 0 Å². The molecule has 5 nitrogen and oxygen atoms in total. The first-order valence-corrected chi connectivity index (χ1v) is 7.94. The third kappa shape index (κ3) is 5.41. The van der Waals surface area contributed by atoms with Gasteiger partial charge in [-0.05, 0) is 55.5 Å². The Hall–Kier alpha value is -2.34. The lowest BCUT2D eigenvalue weighted by atomic mass is 10.2. The lowest BCUT2D eigenvalue weighted by molar-refractivity contribution is -0.116. The van der Waals surface area contributed by atoms with Crippen LogP contribution < -0.4 is 16.0 Å². The number of hydrogen-bond acceptors (Lipinski definition) is 3. The quantitative estimate of drug-likeness (QED) is 0.743. The van der Waals surface area contributed by atoms with Gasteiger partial charge in [-0.15, -0.1) is 0 Å². The summed E-state index contributed by atoms with van der Waals surface area (Å²) in [5.41, 5.74) is 2.26. The highest BCUT2D eigenvalue weighted by Crippen LogP contribution is 2.16. The molecule has 3 N–H and O–H groups in total. The van der Waals surface area contributed by atoms with Gasteiger partial charge in [-0.2, -0.15) is 0 Å². The van der Waals surface area contributed by atoms with Crippen molar-refractivity contribution in [2.24, 2.45) is 0 Å². The average molecular weight is 376 g/mol. The van der Waals surface area contributed by atoms with Crippen molar-refractivity contribution in [1.29, 1.82) is 0 Å². The second-order valence-electron chi connectivity index (χ2n) is 5.12. The highest BCUT2D eigenvalue weighted by atomic mass is 79.9. The van der Waals surface area contributed by atoms with Crippen molar-refractivity contribution in [2.75, 3.05) is 16.0 Å². The van der Waals surface area contributed by atoms with Crippen LogP contribution in [0.4, 0.5) is 17.1 Å². The van der Waals surface area contributed by atoms with Crippen molar-refractivity contribution >= 4 is 44.8 Å². The molecule has 0 radical (unpaired) electrons. The van der Waals surface area contributed by atoms with E-state index in [0.29, 0.717) is 0 Å². The molecule has 0 saturated carbocycles. The minimum Gasteiger partial charge on any atom is -0.374 e. The maximum atomic E-state index is 12.2. The number of halogens is 1. The molecular weight excluding hydrogens is 358 g/mol. The van der Waals surface area contributed by atoms with Crippen LogP contribution in [0, 0.1) is 0 Å². The Labute approximate surface area is 143 Å². The van der Waals surface area contributed by atoms with Gasteiger partial charge in [-0.25, -0.2) is 0 Å². The van der Waals surface area contributed by atoms with E-state index in [4.69, 9.17) is 0 Å². The van der Waals surface area contributed by atoms with Crippen molar-refractivity contribution in [3.8, 4) is 0 Å². The summed E-state index contributed by atoms with van der Waals surface area (Å²) < 4.78 is 0.959. The van der Waals surface area contributed by atoms with Gasteiger partial charge in [-0.1, -0.05) is 15.9 Å². The molecular formula is C17H18BrN3O2. The molecule has 0 bridgehead atoms. The van der Waals surface area contributed by atoms with E-state index in [1.165, 1.54) is 6.92 Å². The van der Waals surface area contributed by atoms with Crippen molar-refractivity contribution in [3.63, 3.8) is 0 Å². The van der Waals surface area contributed by atoms with Crippen molar-refractivity contribution in [1.82, 2.24) is 0 Å². The first kappa shape index (κ1) is 17.0. The summed E-state index contributed by atoms with van der Waals surface area (Å²) in [5, 5.41) is 8.66. The molecule has 2 amide bonds. The highest BCUT2D eigenvalue weighted by Gasteiger charge is 2.12. The Balaban J connectivity index is 1.92. The van der Waals surface area contributed by atoms with Gasteiger partial charge >= 0.3 is 0 Å². The van der Waals surface area contributed by atoms with Gasteiger partial charge in [0.15, 0.2) is 0 Å². The molecule has 2 rings (SSSR count).